The van der Waals surface area contributed by atoms with Crippen LogP contribution in [0.1, 0.15) is 12.8 Å². The van der Waals surface area contributed by atoms with Gasteiger partial charge in [-0.25, -0.2) is 4.79 Å². The lowest BCUT2D eigenvalue weighted by Crippen LogP contribution is -2.37. The molecule has 1 aliphatic rings. The second-order valence-electron chi connectivity index (χ2n) is 7.65. The van der Waals surface area contributed by atoms with Crippen LogP contribution >= 0.6 is 0 Å². The van der Waals surface area contributed by atoms with E-state index in [0.717, 1.165) is 41.0 Å². The van der Waals surface area contributed by atoms with E-state index in [4.69, 9.17) is 14.5 Å². The average molecular weight is 409 g/mol. The van der Waals surface area contributed by atoms with Crippen LogP contribution in [0.25, 0.3) is 28.2 Å². The zero-order chi connectivity index (χ0) is 21.0. The van der Waals surface area contributed by atoms with Crippen molar-refractivity contribution in [2.75, 3.05) is 13.7 Å². The molecule has 156 valence electrons. The SMILES string of the molecule is COc1cccc(-c2cn3c4c(=O)n(C)c(=O)n(C)c4nc3n2CC2CCCO2)c1. The zero-order valence-corrected chi connectivity index (χ0v) is 17.2. The Kier molecular flexibility index (Phi) is 4.28. The van der Waals surface area contributed by atoms with Crippen LogP contribution in [-0.2, 0) is 25.4 Å². The summed E-state index contributed by atoms with van der Waals surface area (Å²) >= 11 is 0. The van der Waals surface area contributed by atoms with Crippen LogP contribution < -0.4 is 16.0 Å². The van der Waals surface area contributed by atoms with Crippen molar-refractivity contribution in [2.45, 2.75) is 25.5 Å². The standard InChI is InChI=1S/C21H23N5O4/c1-23-18-17(19(27)24(2)21(23)28)26-12-16(13-6-4-7-14(10-13)29-3)25(20(26)22-18)11-15-8-5-9-30-15/h4,6-7,10,12,15H,5,8-9,11H2,1-3H3. The first-order chi connectivity index (χ1) is 14.5. The van der Waals surface area contributed by atoms with Gasteiger partial charge in [0.05, 0.1) is 25.5 Å². The molecular formula is C21H23N5O4. The number of aryl methyl sites for hydroxylation is 1. The highest BCUT2D eigenvalue weighted by Gasteiger charge is 2.24. The maximum atomic E-state index is 12.9. The van der Waals surface area contributed by atoms with Crippen LogP contribution in [0.15, 0.2) is 40.1 Å². The number of hydrogen-bond acceptors (Lipinski definition) is 5. The molecule has 0 saturated carbocycles. The number of hydrogen-bond donors (Lipinski definition) is 0. The van der Waals surface area contributed by atoms with Crippen molar-refractivity contribution >= 4 is 16.9 Å². The quantitative estimate of drug-likeness (QED) is 0.511. The van der Waals surface area contributed by atoms with Crippen molar-refractivity contribution in [3.8, 4) is 17.0 Å². The third-order valence-electron chi connectivity index (χ3n) is 5.83. The predicted octanol–water partition coefficient (Wildman–Crippen LogP) is 1.54. The van der Waals surface area contributed by atoms with E-state index in [1.54, 1.807) is 18.6 Å². The van der Waals surface area contributed by atoms with Crippen LogP contribution in [0.5, 0.6) is 5.75 Å². The summed E-state index contributed by atoms with van der Waals surface area (Å²) < 4.78 is 17.6. The number of nitrogens with zero attached hydrogens (tertiary/aromatic N) is 5. The number of ether oxygens (including phenoxy) is 2. The molecule has 1 aromatic carbocycles. The number of rotatable bonds is 4. The summed E-state index contributed by atoms with van der Waals surface area (Å²) in [4.78, 5) is 30.0. The van der Waals surface area contributed by atoms with Gasteiger partial charge < -0.3 is 14.0 Å². The Bertz CT molecular complexity index is 1380. The van der Waals surface area contributed by atoms with E-state index in [9.17, 15) is 9.59 Å². The summed E-state index contributed by atoms with van der Waals surface area (Å²) in [6, 6.07) is 7.78. The lowest BCUT2D eigenvalue weighted by atomic mass is 10.1. The van der Waals surface area contributed by atoms with E-state index >= 15 is 0 Å². The third kappa shape index (κ3) is 2.69. The van der Waals surface area contributed by atoms with Gasteiger partial charge in [-0.05, 0) is 25.0 Å². The van der Waals surface area contributed by atoms with Crippen molar-refractivity contribution < 1.29 is 9.47 Å². The Labute approximate surface area is 171 Å². The summed E-state index contributed by atoms with van der Waals surface area (Å²) in [7, 11) is 4.74. The van der Waals surface area contributed by atoms with Crippen LogP contribution in [0, 0.1) is 0 Å². The number of fused-ring (bicyclic) bond motifs is 3. The van der Waals surface area contributed by atoms with Crippen molar-refractivity contribution in [2.24, 2.45) is 14.1 Å². The molecule has 9 nitrogen and oxygen atoms in total. The minimum atomic E-state index is -0.396. The molecule has 3 aromatic heterocycles. The smallest absolute Gasteiger partial charge is 0.332 e. The van der Waals surface area contributed by atoms with Crippen LogP contribution in [0.2, 0.25) is 0 Å². The van der Waals surface area contributed by atoms with Gasteiger partial charge in [0.15, 0.2) is 11.2 Å². The highest BCUT2D eigenvalue weighted by atomic mass is 16.5. The highest BCUT2D eigenvalue weighted by Crippen LogP contribution is 2.29. The second kappa shape index (κ2) is 6.88. The molecule has 0 aliphatic carbocycles. The summed E-state index contributed by atoms with van der Waals surface area (Å²) in [6.45, 7) is 1.36. The van der Waals surface area contributed by atoms with Gasteiger partial charge in [-0.3, -0.25) is 18.3 Å². The molecule has 1 atom stereocenters. The first-order valence-electron chi connectivity index (χ1n) is 9.93. The molecule has 4 aromatic rings. The van der Waals surface area contributed by atoms with Crippen LogP contribution in [0.3, 0.4) is 0 Å². The van der Waals surface area contributed by atoms with E-state index in [-0.39, 0.29) is 11.7 Å². The van der Waals surface area contributed by atoms with Gasteiger partial charge in [0.2, 0.25) is 5.78 Å². The summed E-state index contributed by atoms with van der Waals surface area (Å²) in [5.41, 5.74) is 1.84. The lowest BCUT2D eigenvalue weighted by molar-refractivity contribution is 0.0981. The second-order valence-corrected chi connectivity index (χ2v) is 7.65. The molecular weight excluding hydrogens is 386 g/mol. The molecule has 0 bridgehead atoms. The Hall–Kier alpha value is -3.33. The molecule has 1 unspecified atom stereocenters. The van der Waals surface area contributed by atoms with Gasteiger partial charge in [-0.2, -0.15) is 4.98 Å². The van der Waals surface area contributed by atoms with Gasteiger partial charge >= 0.3 is 5.69 Å². The van der Waals surface area contributed by atoms with Crippen molar-refractivity contribution in [1.29, 1.82) is 0 Å². The Morgan fingerprint density at radius 1 is 1.23 bits per heavy atom. The molecule has 0 spiro atoms. The van der Waals surface area contributed by atoms with E-state index in [2.05, 4.69) is 4.57 Å². The first kappa shape index (κ1) is 18.7. The van der Waals surface area contributed by atoms with Gasteiger partial charge in [-0.15, -0.1) is 0 Å². The van der Waals surface area contributed by atoms with Gasteiger partial charge in [0, 0.05) is 32.5 Å². The van der Waals surface area contributed by atoms with Crippen molar-refractivity contribution in [3.63, 3.8) is 0 Å². The Morgan fingerprint density at radius 3 is 2.80 bits per heavy atom. The molecule has 9 heteroatoms. The predicted molar refractivity (Wildman–Crippen MR) is 112 cm³/mol. The van der Waals surface area contributed by atoms with Gasteiger partial charge in [-0.1, -0.05) is 12.1 Å². The number of aromatic nitrogens is 5. The van der Waals surface area contributed by atoms with Crippen molar-refractivity contribution in [1.82, 2.24) is 23.1 Å². The topological polar surface area (TPSA) is 84.7 Å². The molecule has 1 fully saturated rings. The monoisotopic (exact) mass is 409 g/mol. The number of methoxy groups -OCH3 is 1. The van der Waals surface area contributed by atoms with Gasteiger partial charge in [0.1, 0.15) is 5.75 Å². The zero-order valence-electron chi connectivity index (χ0n) is 17.2. The summed E-state index contributed by atoms with van der Waals surface area (Å²) in [6.07, 6.45) is 3.99. The molecule has 1 saturated heterocycles. The maximum absolute atomic E-state index is 12.9. The molecule has 0 radical (unpaired) electrons. The fraction of sp³-hybridized carbons (Fsp3) is 0.381. The van der Waals surface area contributed by atoms with E-state index in [1.165, 1.54) is 11.6 Å². The van der Waals surface area contributed by atoms with Gasteiger partial charge in [0.25, 0.3) is 5.56 Å². The molecule has 0 amide bonds. The third-order valence-corrected chi connectivity index (χ3v) is 5.83. The van der Waals surface area contributed by atoms with Crippen molar-refractivity contribution in [3.05, 3.63) is 51.3 Å². The molecule has 4 heterocycles. The summed E-state index contributed by atoms with van der Waals surface area (Å²) in [5.74, 6) is 1.36. The average Bonchev–Trinajstić information content (AvgIpc) is 3.48. The fourth-order valence-electron chi connectivity index (χ4n) is 4.20. The van der Waals surface area contributed by atoms with E-state index in [0.29, 0.717) is 23.5 Å². The number of benzene rings is 1. The normalized spacial score (nSPS) is 16.7. The van der Waals surface area contributed by atoms with Crippen LogP contribution in [0.4, 0.5) is 0 Å². The molecule has 5 rings (SSSR count). The molecule has 0 N–H and O–H groups in total. The fourth-order valence-corrected chi connectivity index (χ4v) is 4.20. The first-order valence-corrected chi connectivity index (χ1v) is 9.93. The summed E-state index contributed by atoms with van der Waals surface area (Å²) in [5, 5.41) is 0. The Balaban J connectivity index is 1.82. The maximum Gasteiger partial charge on any atom is 0.332 e. The largest absolute Gasteiger partial charge is 0.497 e. The van der Waals surface area contributed by atoms with E-state index < -0.39 is 5.69 Å². The Morgan fingerprint density at radius 2 is 2.07 bits per heavy atom. The minimum absolute atomic E-state index is 0.0806. The molecule has 30 heavy (non-hydrogen) atoms. The minimum Gasteiger partial charge on any atom is -0.497 e. The highest BCUT2D eigenvalue weighted by molar-refractivity contribution is 5.78. The number of imidazole rings is 2. The van der Waals surface area contributed by atoms with E-state index in [1.807, 2.05) is 30.5 Å². The molecule has 1 aliphatic heterocycles. The van der Waals surface area contributed by atoms with Crippen LogP contribution in [-0.4, -0.2) is 42.9 Å². The lowest BCUT2D eigenvalue weighted by Gasteiger charge is -2.14.